The summed E-state index contributed by atoms with van der Waals surface area (Å²) in [6.07, 6.45) is 1.66. The highest BCUT2D eigenvalue weighted by Gasteiger charge is 2.17. The van der Waals surface area contributed by atoms with Crippen molar-refractivity contribution in [2.45, 2.75) is 24.6 Å². The molecule has 0 atom stereocenters. The molecule has 0 radical (unpaired) electrons. The van der Waals surface area contributed by atoms with Crippen LogP contribution < -0.4 is 4.74 Å². The Morgan fingerprint density at radius 1 is 1.43 bits per heavy atom. The van der Waals surface area contributed by atoms with E-state index in [0.29, 0.717) is 16.7 Å². The zero-order valence-corrected chi connectivity index (χ0v) is 12.9. The highest BCUT2D eigenvalue weighted by Crippen LogP contribution is 2.29. The number of hydrogen-bond acceptors (Lipinski definition) is 5. The van der Waals surface area contributed by atoms with E-state index < -0.39 is 5.97 Å². The fourth-order valence-corrected chi connectivity index (χ4v) is 3.14. The number of methoxy groups -OCH3 is 1. The topological polar surface area (TPSA) is 72.3 Å². The van der Waals surface area contributed by atoms with Gasteiger partial charge >= 0.3 is 5.97 Å². The van der Waals surface area contributed by atoms with Gasteiger partial charge in [0.25, 0.3) is 0 Å². The van der Waals surface area contributed by atoms with E-state index in [1.807, 2.05) is 19.1 Å². The second-order valence-electron chi connectivity index (χ2n) is 4.53. The second kappa shape index (κ2) is 6.58. The summed E-state index contributed by atoms with van der Waals surface area (Å²) in [5.74, 6) is 0.139. The molecule has 0 amide bonds. The average molecular weight is 304 g/mol. The van der Waals surface area contributed by atoms with Gasteiger partial charge < -0.3 is 9.84 Å². The Balaban J connectivity index is 2.30. The first kappa shape index (κ1) is 15.3. The van der Waals surface area contributed by atoms with Crippen LogP contribution in [-0.2, 0) is 5.75 Å². The fourth-order valence-electron chi connectivity index (χ4n) is 2.03. The highest BCUT2D eigenvalue weighted by atomic mass is 32.2. The first-order valence-corrected chi connectivity index (χ1v) is 7.33. The van der Waals surface area contributed by atoms with Crippen molar-refractivity contribution < 1.29 is 14.6 Å². The maximum atomic E-state index is 11.4. The molecule has 0 saturated heterocycles. The summed E-state index contributed by atoms with van der Waals surface area (Å²) >= 11 is 1.37. The Morgan fingerprint density at radius 3 is 2.86 bits per heavy atom. The summed E-state index contributed by atoms with van der Waals surface area (Å²) in [6, 6.07) is 5.51. The van der Waals surface area contributed by atoms with Crippen molar-refractivity contribution in [2.24, 2.45) is 0 Å². The van der Waals surface area contributed by atoms with Crippen molar-refractivity contribution >= 4 is 17.7 Å². The lowest BCUT2D eigenvalue weighted by atomic mass is 10.1. The fraction of sp³-hybridized carbons (Fsp3) is 0.267. The largest absolute Gasteiger partial charge is 0.481 e. The van der Waals surface area contributed by atoms with E-state index in [9.17, 15) is 9.90 Å². The molecule has 2 rings (SSSR count). The standard InChI is InChI=1S/C15H16N2O3S/c1-9-7-10(2)17-14(12(9)15(18)19)21-8-11-5-4-6-16-13(11)20-3/h4-7H,8H2,1-3H3,(H,18,19). The predicted octanol–water partition coefficient (Wildman–Crippen LogP) is 3.09. The molecule has 0 aliphatic rings. The number of nitrogens with zero attached hydrogens (tertiary/aromatic N) is 2. The molecule has 0 saturated carbocycles. The molecule has 0 aromatic carbocycles. The van der Waals surface area contributed by atoms with E-state index in [1.54, 1.807) is 26.3 Å². The molecule has 0 unspecified atom stereocenters. The molecule has 21 heavy (non-hydrogen) atoms. The summed E-state index contributed by atoms with van der Waals surface area (Å²) in [6.45, 7) is 3.64. The highest BCUT2D eigenvalue weighted by molar-refractivity contribution is 7.98. The maximum Gasteiger partial charge on any atom is 0.338 e. The number of carboxylic acids is 1. The monoisotopic (exact) mass is 304 g/mol. The Kier molecular flexibility index (Phi) is 4.80. The third-order valence-electron chi connectivity index (χ3n) is 2.93. The number of carboxylic acid groups (broad SMARTS) is 1. The third-order valence-corrected chi connectivity index (χ3v) is 3.96. The van der Waals surface area contributed by atoms with Gasteiger partial charge in [-0.1, -0.05) is 6.07 Å². The second-order valence-corrected chi connectivity index (χ2v) is 5.49. The summed E-state index contributed by atoms with van der Waals surface area (Å²) in [7, 11) is 1.56. The molecule has 6 heteroatoms. The Labute approximate surface area is 127 Å². The smallest absolute Gasteiger partial charge is 0.338 e. The SMILES string of the molecule is COc1ncccc1CSc1nc(C)cc(C)c1C(=O)O. The number of aryl methyl sites for hydroxylation is 2. The number of aromatic carboxylic acids is 1. The summed E-state index contributed by atoms with van der Waals surface area (Å²) in [4.78, 5) is 19.9. The first-order chi connectivity index (χ1) is 10.0. The minimum absolute atomic E-state index is 0.258. The molecule has 110 valence electrons. The van der Waals surface area contributed by atoms with Gasteiger partial charge in [-0.25, -0.2) is 14.8 Å². The summed E-state index contributed by atoms with van der Waals surface area (Å²) in [5.41, 5.74) is 2.68. The van der Waals surface area contributed by atoms with E-state index in [0.717, 1.165) is 16.8 Å². The van der Waals surface area contributed by atoms with Gasteiger partial charge in [0.15, 0.2) is 0 Å². The number of ether oxygens (including phenoxy) is 1. The van der Waals surface area contributed by atoms with Crippen LogP contribution in [0.3, 0.4) is 0 Å². The van der Waals surface area contributed by atoms with Gasteiger partial charge in [-0.3, -0.25) is 0 Å². The van der Waals surface area contributed by atoms with Gasteiger partial charge in [0.05, 0.1) is 12.7 Å². The van der Waals surface area contributed by atoms with Gasteiger partial charge in [-0.15, -0.1) is 11.8 Å². The average Bonchev–Trinajstić information content (AvgIpc) is 2.44. The van der Waals surface area contributed by atoms with E-state index >= 15 is 0 Å². The van der Waals surface area contributed by atoms with Crippen LogP contribution in [0.5, 0.6) is 5.88 Å². The molecule has 0 bridgehead atoms. The number of hydrogen-bond donors (Lipinski definition) is 1. The summed E-state index contributed by atoms with van der Waals surface area (Å²) < 4.78 is 5.20. The minimum Gasteiger partial charge on any atom is -0.481 e. The van der Waals surface area contributed by atoms with E-state index in [2.05, 4.69) is 9.97 Å². The number of thioether (sulfide) groups is 1. The number of carbonyl (C=O) groups is 1. The van der Waals surface area contributed by atoms with Crippen molar-refractivity contribution in [3.63, 3.8) is 0 Å². The number of rotatable bonds is 5. The Morgan fingerprint density at radius 2 is 2.19 bits per heavy atom. The van der Waals surface area contributed by atoms with Crippen molar-refractivity contribution in [3.05, 3.63) is 46.8 Å². The molecule has 2 aromatic heterocycles. The lowest BCUT2D eigenvalue weighted by molar-refractivity contribution is 0.0691. The van der Waals surface area contributed by atoms with Crippen LogP contribution in [0, 0.1) is 13.8 Å². The molecule has 1 N–H and O–H groups in total. The molecule has 0 fully saturated rings. The normalized spacial score (nSPS) is 10.4. The van der Waals surface area contributed by atoms with Crippen LogP contribution in [0.4, 0.5) is 0 Å². The summed E-state index contributed by atoms with van der Waals surface area (Å²) in [5, 5.41) is 9.86. The van der Waals surface area contributed by atoms with Gasteiger partial charge in [-0.2, -0.15) is 0 Å². The van der Waals surface area contributed by atoms with Crippen molar-refractivity contribution in [3.8, 4) is 5.88 Å². The Bertz CT molecular complexity index is 674. The lowest BCUT2D eigenvalue weighted by Crippen LogP contribution is -2.05. The first-order valence-electron chi connectivity index (χ1n) is 6.35. The quantitative estimate of drug-likeness (QED) is 0.856. The van der Waals surface area contributed by atoms with E-state index in [4.69, 9.17) is 4.74 Å². The van der Waals surface area contributed by atoms with Crippen LogP contribution in [0.1, 0.15) is 27.2 Å². The molecular weight excluding hydrogens is 288 g/mol. The molecule has 2 aromatic rings. The molecule has 2 heterocycles. The molecule has 5 nitrogen and oxygen atoms in total. The van der Waals surface area contributed by atoms with Crippen LogP contribution in [0.25, 0.3) is 0 Å². The van der Waals surface area contributed by atoms with Crippen LogP contribution in [0.15, 0.2) is 29.4 Å². The van der Waals surface area contributed by atoms with Crippen molar-refractivity contribution in [1.82, 2.24) is 9.97 Å². The van der Waals surface area contributed by atoms with Crippen LogP contribution >= 0.6 is 11.8 Å². The van der Waals surface area contributed by atoms with Crippen molar-refractivity contribution in [2.75, 3.05) is 7.11 Å². The minimum atomic E-state index is -0.958. The lowest BCUT2D eigenvalue weighted by Gasteiger charge is -2.10. The van der Waals surface area contributed by atoms with Gasteiger partial charge in [0, 0.05) is 23.2 Å². The van der Waals surface area contributed by atoms with E-state index in [1.165, 1.54) is 11.8 Å². The molecule has 0 aliphatic carbocycles. The van der Waals surface area contributed by atoms with Gasteiger partial charge in [0.2, 0.25) is 5.88 Å². The predicted molar refractivity (Wildman–Crippen MR) is 81.0 cm³/mol. The Hall–Kier alpha value is -2.08. The zero-order valence-electron chi connectivity index (χ0n) is 12.1. The molecule has 0 spiro atoms. The van der Waals surface area contributed by atoms with Crippen LogP contribution in [-0.4, -0.2) is 28.2 Å². The van der Waals surface area contributed by atoms with Crippen LogP contribution in [0.2, 0.25) is 0 Å². The number of aromatic nitrogens is 2. The van der Waals surface area contributed by atoms with Gasteiger partial charge in [0.1, 0.15) is 5.03 Å². The maximum absolute atomic E-state index is 11.4. The molecule has 0 aliphatic heterocycles. The zero-order chi connectivity index (χ0) is 15.4. The number of pyridine rings is 2. The molecular formula is C15H16N2O3S. The van der Waals surface area contributed by atoms with Crippen molar-refractivity contribution in [1.29, 1.82) is 0 Å². The van der Waals surface area contributed by atoms with Gasteiger partial charge in [-0.05, 0) is 31.5 Å². The third kappa shape index (κ3) is 3.52. The van der Waals surface area contributed by atoms with E-state index in [-0.39, 0.29) is 5.56 Å².